The van der Waals surface area contributed by atoms with Gasteiger partial charge in [0.15, 0.2) is 0 Å². The normalized spacial score (nSPS) is 14.0. The smallest absolute Gasteiger partial charge is 0.261 e. The molecule has 1 aliphatic heterocycles. The number of aryl methyl sites for hydroxylation is 1. The molecule has 3 rings (SSSR count). The molecule has 0 spiro atoms. The molecule has 3 heteroatoms. The van der Waals surface area contributed by atoms with Crippen LogP contribution in [0.15, 0.2) is 54.6 Å². The number of carbonyl (C=O) groups excluding carboxylic acids is 2. The van der Waals surface area contributed by atoms with E-state index in [2.05, 4.69) is 0 Å². The van der Waals surface area contributed by atoms with Crippen molar-refractivity contribution in [2.75, 3.05) is 6.54 Å². The topological polar surface area (TPSA) is 37.4 Å². The third-order valence-electron chi connectivity index (χ3n) is 3.55. The highest BCUT2D eigenvalue weighted by Gasteiger charge is 2.33. The Morgan fingerprint density at radius 1 is 0.905 bits per heavy atom. The second-order valence-electron chi connectivity index (χ2n) is 5.08. The van der Waals surface area contributed by atoms with Crippen molar-refractivity contribution in [3.05, 3.63) is 76.9 Å². The summed E-state index contributed by atoms with van der Waals surface area (Å²) in [6, 6.07) is 15.0. The SMILES string of the molecule is Cc1ccc(C=CCN2C(=O)c3ccccc3C2=O)cc1. The van der Waals surface area contributed by atoms with Crippen LogP contribution in [0.5, 0.6) is 0 Å². The Morgan fingerprint density at radius 3 is 2.05 bits per heavy atom. The molecule has 0 radical (unpaired) electrons. The van der Waals surface area contributed by atoms with Gasteiger partial charge in [0.2, 0.25) is 0 Å². The minimum atomic E-state index is -0.218. The van der Waals surface area contributed by atoms with E-state index in [9.17, 15) is 9.59 Å². The van der Waals surface area contributed by atoms with E-state index in [0.29, 0.717) is 17.7 Å². The van der Waals surface area contributed by atoms with Gasteiger partial charge in [-0.2, -0.15) is 0 Å². The van der Waals surface area contributed by atoms with Gasteiger partial charge in [-0.15, -0.1) is 0 Å². The molecule has 2 aromatic carbocycles. The summed E-state index contributed by atoms with van der Waals surface area (Å²) in [5.41, 5.74) is 3.24. The van der Waals surface area contributed by atoms with Crippen LogP contribution in [0.1, 0.15) is 31.8 Å². The minimum absolute atomic E-state index is 0.218. The molecule has 0 aliphatic carbocycles. The summed E-state index contributed by atoms with van der Waals surface area (Å²) < 4.78 is 0. The molecule has 0 saturated carbocycles. The predicted molar refractivity (Wildman–Crippen MR) is 82.0 cm³/mol. The summed E-state index contributed by atoms with van der Waals surface area (Å²) in [4.78, 5) is 25.6. The maximum atomic E-state index is 12.2. The lowest BCUT2D eigenvalue weighted by Crippen LogP contribution is -2.29. The molecule has 0 bridgehead atoms. The first-order chi connectivity index (χ1) is 10.2. The van der Waals surface area contributed by atoms with Crippen molar-refractivity contribution in [2.45, 2.75) is 6.92 Å². The summed E-state index contributed by atoms with van der Waals surface area (Å²) in [7, 11) is 0. The molecule has 1 heterocycles. The fourth-order valence-corrected chi connectivity index (χ4v) is 2.38. The molecule has 1 aliphatic rings. The number of nitrogens with zero attached hydrogens (tertiary/aromatic N) is 1. The molecule has 0 fully saturated rings. The van der Waals surface area contributed by atoms with Gasteiger partial charge < -0.3 is 0 Å². The van der Waals surface area contributed by atoms with Crippen molar-refractivity contribution in [2.24, 2.45) is 0 Å². The highest BCUT2D eigenvalue weighted by molar-refractivity contribution is 6.21. The van der Waals surface area contributed by atoms with Crippen molar-refractivity contribution in [1.82, 2.24) is 4.90 Å². The molecule has 2 amide bonds. The van der Waals surface area contributed by atoms with Crippen LogP contribution in [-0.2, 0) is 0 Å². The zero-order valence-corrected chi connectivity index (χ0v) is 11.7. The van der Waals surface area contributed by atoms with Crippen LogP contribution in [-0.4, -0.2) is 23.3 Å². The van der Waals surface area contributed by atoms with Gasteiger partial charge in [-0.1, -0.05) is 54.1 Å². The van der Waals surface area contributed by atoms with Gasteiger partial charge in [-0.3, -0.25) is 14.5 Å². The lowest BCUT2D eigenvalue weighted by Gasteiger charge is -2.10. The Hall–Kier alpha value is -2.68. The molecule has 0 atom stereocenters. The third kappa shape index (κ3) is 2.50. The molecule has 21 heavy (non-hydrogen) atoms. The number of benzene rings is 2. The van der Waals surface area contributed by atoms with E-state index in [4.69, 9.17) is 0 Å². The van der Waals surface area contributed by atoms with Crippen molar-refractivity contribution in [3.63, 3.8) is 0 Å². The molecule has 3 nitrogen and oxygen atoms in total. The first-order valence-electron chi connectivity index (χ1n) is 6.85. The molecule has 0 unspecified atom stereocenters. The number of fused-ring (bicyclic) bond motifs is 1. The van der Waals surface area contributed by atoms with Crippen LogP contribution < -0.4 is 0 Å². The Labute approximate surface area is 123 Å². The summed E-state index contributed by atoms with van der Waals surface area (Å²) >= 11 is 0. The second kappa shape index (κ2) is 5.37. The van der Waals surface area contributed by atoms with Crippen LogP contribution in [0.2, 0.25) is 0 Å². The fraction of sp³-hybridized carbons (Fsp3) is 0.111. The van der Waals surface area contributed by atoms with E-state index in [1.54, 1.807) is 24.3 Å². The van der Waals surface area contributed by atoms with E-state index in [1.807, 2.05) is 43.3 Å². The van der Waals surface area contributed by atoms with E-state index in [-0.39, 0.29) is 11.8 Å². The van der Waals surface area contributed by atoms with Gasteiger partial charge in [-0.05, 0) is 24.6 Å². The van der Waals surface area contributed by atoms with Gasteiger partial charge in [0.05, 0.1) is 11.1 Å². The zero-order chi connectivity index (χ0) is 14.8. The second-order valence-corrected chi connectivity index (χ2v) is 5.08. The highest BCUT2D eigenvalue weighted by Crippen LogP contribution is 2.22. The molecule has 0 saturated heterocycles. The Balaban J connectivity index is 1.74. The van der Waals surface area contributed by atoms with Crippen LogP contribution in [0, 0.1) is 6.92 Å². The lowest BCUT2D eigenvalue weighted by molar-refractivity contribution is 0.0672. The van der Waals surface area contributed by atoms with Crippen molar-refractivity contribution in [1.29, 1.82) is 0 Å². The van der Waals surface area contributed by atoms with Crippen LogP contribution >= 0.6 is 0 Å². The molecule has 0 aromatic heterocycles. The van der Waals surface area contributed by atoms with Gasteiger partial charge in [0.25, 0.3) is 11.8 Å². The largest absolute Gasteiger partial charge is 0.270 e. The zero-order valence-electron chi connectivity index (χ0n) is 11.7. The Bertz CT molecular complexity index is 694. The number of rotatable bonds is 3. The summed E-state index contributed by atoms with van der Waals surface area (Å²) in [5.74, 6) is -0.437. The highest BCUT2D eigenvalue weighted by atomic mass is 16.2. The fourth-order valence-electron chi connectivity index (χ4n) is 2.38. The van der Waals surface area contributed by atoms with Gasteiger partial charge >= 0.3 is 0 Å². The molecule has 2 aromatic rings. The van der Waals surface area contributed by atoms with E-state index < -0.39 is 0 Å². The predicted octanol–water partition coefficient (Wildman–Crippen LogP) is 3.30. The van der Waals surface area contributed by atoms with Gasteiger partial charge in [-0.25, -0.2) is 0 Å². The summed E-state index contributed by atoms with van der Waals surface area (Å²) in [6.07, 6.45) is 3.76. The van der Waals surface area contributed by atoms with E-state index >= 15 is 0 Å². The monoisotopic (exact) mass is 277 g/mol. The van der Waals surface area contributed by atoms with Crippen LogP contribution in [0.4, 0.5) is 0 Å². The number of hydrogen-bond donors (Lipinski definition) is 0. The van der Waals surface area contributed by atoms with Crippen LogP contribution in [0.25, 0.3) is 6.08 Å². The number of imide groups is 1. The first-order valence-corrected chi connectivity index (χ1v) is 6.85. The molecule has 104 valence electrons. The lowest BCUT2D eigenvalue weighted by atomic mass is 10.1. The van der Waals surface area contributed by atoms with Crippen molar-refractivity contribution in [3.8, 4) is 0 Å². The van der Waals surface area contributed by atoms with E-state index in [1.165, 1.54) is 10.5 Å². The Morgan fingerprint density at radius 2 is 1.48 bits per heavy atom. The van der Waals surface area contributed by atoms with Crippen molar-refractivity contribution < 1.29 is 9.59 Å². The van der Waals surface area contributed by atoms with Gasteiger partial charge in [0.1, 0.15) is 0 Å². The standard InChI is InChI=1S/C18H15NO2/c1-13-8-10-14(11-9-13)5-4-12-19-17(20)15-6-2-3-7-16(15)18(19)21/h2-11H,12H2,1H3. The van der Waals surface area contributed by atoms with Crippen molar-refractivity contribution >= 4 is 17.9 Å². The molecule has 0 N–H and O–H groups in total. The quantitative estimate of drug-likeness (QED) is 0.807. The third-order valence-corrected chi connectivity index (χ3v) is 3.55. The number of carbonyl (C=O) groups is 2. The molecular formula is C18H15NO2. The average Bonchev–Trinajstić information content (AvgIpc) is 2.75. The molecular weight excluding hydrogens is 262 g/mol. The van der Waals surface area contributed by atoms with Crippen LogP contribution in [0.3, 0.4) is 0 Å². The summed E-state index contributed by atoms with van der Waals surface area (Å²) in [6.45, 7) is 2.33. The minimum Gasteiger partial charge on any atom is -0.270 e. The summed E-state index contributed by atoms with van der Waals surface area (Å²) in [5, 5.41) is 0. The maximum Gasteiger partial charge on any atom is 0.261 e. The van der Waals surface area contributed by atoms with E-state index in [0.717, 1.165) is 5.56 Å². The number of hydrogen-bond acceptors (Lipinski definition) is 2. The number of amides is 2. The first kappa shape index (κ1) is 13.3. The average molecular weight is 277 g/mol. The maximum absolute atomic E-state index is 12.2. The Kier molecular flexibility index (Phi) is 3.40. The van der Waals surface area contributed by atoms with Gasteiger partial charge in [0, 0.05) is 6.54 Å².